The molecule has 0 heterocycles. The van der Waals surface area contributed by atoms with Gasteiger partial charge >= 0.3 is 0 Å². The summed E-state index contributed by atoms with van der Waals surface area (Å²) in [5, 5.41) is 6.56. The van der Waals surface area contributed by atoms with E-state index < -0.39 is 0 Å². The monoisotopic (exact) mass is 97.1 g/mol. The first-order valence-corrected chi connectivity index (χ1v) is 1.94. The van der Waals surface area contributed by atoms with E-state index in [2.05, 4.69) is 0 Å². The number of hydrogen-bond donors (Lipinski definition) is 1. The summed E-state index contributed by atoms with van der Waals surface area (Å²) in [6.45, 7) is 1.70. The van der Waals surface area contributed by atoms with Gasteiger partial charge in [0.05, 0.1) is 0 Å². The molecule has 0 fully saturated rings. The van der Waals surface area contributed by atoms with Crippen LogP contribution in [-0.2, 0) is 4.79 Å². The van der Waals surface area contributed by atoms with Crippen LogP contribution >= 0.6 is 0 Å². The van der Waals surface area contributed by atoms with E-state index in [9.17, 15) is 4.79 Å². The lowest BCUT2D eigenvalue weighted by molar-refractivity contribution is -0.104. The summed E-state index contributed by atoms with van der Waals surface area (Å²) in [6, 6.07) is 0. The van der Waals surface area contributed by atoms with Gasteiger partial charge in [-0.25, -0.2) is 0 Å². The normalized spacial score (nSPS) is 10.7. The second-order valence-electron chi connectivity index (χ2n) is 1.19. The van der Waals surface area contributed by atoms with Crippen LogP contribution in [0.25, 0.3) is 0 Å². The Morgan fingerprint density at radius 1 is 1.71 bits per heavy atom. The topological polar surface area (TPSA) is 40.9 Å². The second-order valence-corrected chi connectivity index (χ2v) is 1.19. The van der Waals surface area contributed by atoms with Crippen molar-refractivity contribution in [3.63, 3.8) is 0 Å². The fraction of sp³-hybridized carbons (Fsp3) is 0.200. The minimum Gasteiger partial charge on any atom is -0.308 e. The van der Waals surface area contributed by atoms with E-state index in [1.165, 1.54) is 6.08 Å². The Hall–Kier alpha value is -0.920. The van der Waals surface area contributed by atoms with Crippen LogP contribution in [0.5, 0.6) is 0 Å². The molecule has 1 N–H and O–H groups in total. The zero-order valence-electron chi connectivity index (χ0n) is 4.14. The summed E-state index contributed by atoms with van der Waals surface area (Å²) in [6.07, 6.45) is 3.14. The molecule has 0 aromatic heterocycles. The van der Waals surface area contributed by atoms with Gasteiger partial charge in [-0.15, -0.1) is 0 Å². The lowest BCUT2D eigenvalue weighted by atomic mass is 10.3. The van der Waals surface area contributed by atoms with Gasteiger partial charge in [0.1, 0.15) is 6.29 Å². The Morgan fingerprint density at radius 3 is 2.43 bits per heavy atom. The summed E-state index contributed by atoms with van der Waals surface area (Å²) in [7, 11) is 0. The van der Waals surface area contributed by atoms with Gasteiger partial charge < -0.3 is 5.41 Å². The quantitative estimate of drug-likeness (QED) is 0.309. The fourth-order valence-electron chi connectivity index (χ4n) is 0.155. The molecular formula is C5H7NO. The first-order chi connectivity index (χ1) is 3.31. The molecule has 2 nitrogen and oxygen atoms in total. The Balaban J connectivity index is 3.72. The van der Waals surface area contributed by atoms with Crippen molar-refractivity contribution in [2.45, 2.75) is 6.92 Å². The molecule has 0 rings (SSSR count). The van der Waals surface area contributed by atoms with E-state index in [-0.39, 0.29) is 0 Å². The maximum Gasteiger partial charge on any atom is 0.143 e. The van der Waals surface area contributed by atoms with Gasteiger partial charge in [0.25, 0.3) is 0 Å². The maximum atomic E-state index is 9.59. The van der Waals surface area contributed by atoms with Gasteiger partial charge in [-0.2, -0.15) is 0 Å². The predicted octanol–water partition coefficient (Wildman–Crippen LogP) is 0.781. The van der Waals surface area contributed by atoms with Crippen LogP contribution in [0.3, 0.4) is 0 Å². The number of aldehydes is 1. The molecule has 38 valence electrons. The molecule has 0 aromatic carbocycles. The van der Waals surface area contributed by atoms with Gasteiger partial charge in [-0.1, -0.05) is 0 Å². The molecule has 0 bridgehead atoms. The molecule has 0 aliphatic carbocycles. The molecule has 0 spiro atoms. The smallest absolute Gasteiger partial charge is 0.143 e. The van der Waals surface area contributed by atoms with Crippen LogP contribution in [0.2, 0.25) is 0 Å². The van der Waals surface area contributed by atoms with E-state index in [0.717, 1.165) is 6.21 Å². The number of carbonyl (C=O) groups is 1. The number of hydrogen-bond acceptors (Lipinski definition) is 2. The lowest BCUT2D eigenvalue weighted by Gasteiger charge is -1.76. The van der Waals surface area contributed by atoms with Crippen molar-refractivity contribution in [3.8, 4) is 0 Å². The van der Waals surface area contributed by atoms with Crippen LogP contribution in [-0.4, -0.2) is 12.5 Å². The highest BCUT2D eigenvalue weighted by Crippen LogP contribution is 1.79. The molecule has 0 aliphatic heterocycles. The summed E-state index contributed by atoms with van der Waals surface area (Å²) >= 11 is 0. The first kappa shape index (κ1) is 6.08. The Labute approximate surface area is 42.4 Å². The van der Waals surface area contributed by atoms with E-state index in [4.69, 9.17) is 5.41 Å². The molecule has 0 aliphatic rings. The highest BCUT2D eigenvalue weighted by Gasteiger charge is 1.73. The highest BCUT2D eigenvalue weighted by molar-refractivity contribution is 5.82. The van der Waals surface area contributed by atoms with Crippen molar-refractivity contribution < 1.29 is 4.79 Å². The third-order valence-corrected chi connectivity index (χ3v) is 0.559. The van der Waals surface area contributed by atoms with Gasteiger partial charge in [-0.3, -0.25) is 4.79 Å². The van der Waals surface area contributed by atoms with Crippen molar-refractivity contribution in [2.75, 3.05) is 0 Å². The van der Waals surface area contributed by atoms with Crippen molar-refractivity contribution in [3.05, 3.63) is 11.6 Å². The minimum absolute atomic E-state index is 0.667. The molecular weight excluding hydrogens is 90.1 g/mol. The highest BCUT2D eigenvalue weighted by atomic mass is 16.1. The van der Waals surface area contributed by atoms with E-state index in [0.29, 0.717) is 11.9 Å². The van der Waals surface area contributed by atoms with Crippen LogP contribution in [0.15, 0.2) is 11.6 Å². The van der Waals surface area contributed by atoms with Crippen LogP contribution in [0, 0.1) is 5.41 Å². The van der Waals surface area contributed by atoms with Gasteiger partial charge in [-0.05, 0) is 18.6 Å². The van der Waals surface area contributed by atoms with Crippen molar-refractivity contribution in [2.24, 2.45) is 0 Å². The Kier molecular flexibility index (Phi) is 2.85. The number of carbonyl (C=O) groups excluding carboxylic acids is 1. The molecule has 7 heavy (non-hydrogen) atoms. The van der Waals surface area contributed by atoms with E-state index in [1.54, 1.807) is 6.92 Å². The molecule has 0 aromatic rings. The molecule has 0 saturated heterocycles. The van der Waals surface area contributed by atoms with E-state index >= 15 is 0 Å². The Morgan fingerprint density at radius 2 is 2.29 bits per heavy atom. The predicted molar refractivity (Wildman–Crippen MR) is 28.6 cm³/mol. The summed E-state index contributed by atoms with van der Waals surface area (Å²) < 4.78 is 0. The van der Waals surface area contributed by atoms with Crippen LogP contribution < -0.4 is 0 Å². The third kappa shape index (κ3) is 2.89. The SMILES string of the molecule is C/C(C=N)=C\C=O. The van der Waals surface area contributed by atoms with Crippen LogP contribution in [0.1, 0.15) is 6.92 Å². The minimum atomic E-state index is 0.667. The summed E-state index contributed by atoms with van der Waals surface area (Å²) in [5.41, 5.74) is 0.676. The van der Waals surface area contributed by atoms with Gasteiger partial charge in [0.15, 0.2) is 0 Å². The molecule has 2 heteroatoms. The fourth-order valence-corrected chi connectivity index (χ4v) is 0.155. The lowest BCUT2D eigenvalue weighted by Crippen LogP contribution is -1.73. The summed E-state index contributed by atoms with van der Waals surface area (Å²) in [4.78, 5) is 9.59. The summed E-state index contributed by atoms with van der Waals surface area (Å²) in [5.74, 6) is 0. The maximum absolute atomic E-state index is 9.59. The third-order valence-electron chi connectivity index (χ3n) is 0.559. The Bertz CT molecular complexity index is 105. The number of nitrogens with one attached hydrogen (secondary N) is 1. The van der Waals surface area contributed by atoms with Gasteiger partial charge in [0, 0.05) is 6.21 Å². The molecule has 0 saturated carbocycles. The first-order valence-electron chi connectivity index (χ1n) is 1.94. The van der Waals surface area contributed by atoms with Crippen LogP contribution in [0.4, 0.5) is 0 Å². The number of allylic oxidation sites excluding steroid dienone is 2. The largest absolute Gasteiger partial charge is 0.308 e. The van der Waals surface area contributed by atoms with Gasteiger partial charge in [0.2, 0.25) is 0 Å². The molecule has 0 amide bonds. The van der Waals surface area contributed by atoms with Crippen molar-refractivity contribution in [1.82, 2.24) is 0 Å². The molecule has 0 radical (unpaired) electrons. The number of rotatable bonds is 2. The van der Waals surface area contributed by atoms with Crippen molar-refractivity contribution >= 4 is 12.5 Å². The average Bonchev–Trinajstić information content (AvgIpc) is 1.68. The standard InChI is InChI=1S/C5H7NO/c1-5(4-6)2-3-7/h2-4,6H,1H3/b5-2+,6-4?. The zero-order chi connectivity index (χ0) is 5.70. The molecule has 0 atom stereocenters. The van der Waals surface area contributed by atoms with Crippen molar-refractivity contribution in [1.29, 1.82) is 5.41 Å². The zero-order valence-corrected chi connectivity index (χ0v) is 4.14. The van der Waals surface area contributed by atoms with E-state index in [1.807, 2.05) is 0 Å². The second kappa shape index (κ2) is 3.28. The average molecular weight is 97.1 g/mol. The molecule has 0 unspecified atom stereocenters.